The Kier molecular flexibility index (Phi) is 4.28. The number of esters is 1. The molecule has 0 fully saturated rings. The third kappa shape index (κ3) is 3.27. The Labute approximate surface area is 135 Å². The molecular formula is C16H12FNO6. The highest BCUT2D eigenvalue weighted by atomic mass is 19.1. The summed E-state index contributed by atoms with van der Waals surface area (Å²) in [5.74, 6) is -0.920. The van der Waals surface area contributed by atoms with Gasteiger partial charge in [0.05, 0.1) is 11.0 Å². The van der Waals surface area contributed by atoms with Crippen molar-refractivity contribution in [2.45, 2.75) is 6.61 Å². The molecule has 124 valence electrons. The van der Waals surface area contributed by atoms with Gasteiger partial charge >= 0.3 is 5.97 Å². The molecule has 0 amide bonds. The second-order valence-corrected chi connectivity index (χ2v) is 4.98. The van der Waals surface area contributed by atoms with Gasteiger partial charge in [0.15, 0.2) is 11.5 Å². The van der Waals surface area contributed by atoms with Gasteiger partial charge in [-0.05, 0) is 17.7 Å². The second-order valence-electron chi connectivity index (χ2n) is 4.98. The first-order valence-electron chi connectivity index (χ1n) is 7.04. The molecule has 0 unspecified atom stereocenters. The third-order valence-corrected chi connectivity index (χ3v) is 3.34. The second kappa shape index (κ2) is 6.53. The van der Waals surface area contributed by atoms with Crippen molar-refractivity contribution in [3.8, 4) is 11.5 Å². The lowest BCUT2D eigenvalue weighted by molar-refractivity contribution is -0.385. The molecule has 0 saturated carbocycles. The number of benzene rings is 2. The molecule has 0 bridgehead atoms. The monoisotopic (exact) mass is 333 g/mol. The zero-order valence-corrected chi connectivity index (χ0v) is 12.4. The molecule has 0 spiro atoms. The van der Waals surface area contributed by atoms with Crippen LogP contribution < -0.4 is 9.47 Å². The van der Waals surface area contributed by atoms with Crippen LogP contribution >= 0.6 is 0 Å². The Morgan fingerprint density at radius 3 is 2.58 bits per heavy atom. The number of nitrogens with zero attached hydrogens (tertiary/aromatic N) is 1. The van der Waals surface area contributed by atoms with Gasteiger partial charge in [0.2, 0.25) is 0 Å². The summed E-state index contributed by atoms with van der Waals surface area (Å²) in [4.78, 5) is 22.7. The SMILES string of the molecule is O=C(OCc1cccc(F)c1)c1cc2c(cc1[N+](=O)[O-])OCCO2. The van der Waals surface area contributed by atoms with Gasteiger partial charge in [-0.25, -0.2) is 9.18 Å². The maximum Gasteiger partial charge on any atom is 0.345 e. The zero-order valence-electron chi connectivity index (χ0n) is 12.4. The minimum Gasteiger partial charge on any atom is -0.486 e. The summed E-state index contributed by atoms with van der Waals surface area (Å²) >= 11 is 0. The molecule has 2 aromatic rings. The number of carbonyl (C=O) groups is 1. The summed E-state index contributed by atoms with van der Waals surface area (Å²) in [5, 5.41) is 11.2. The number of carbonyl (C=O) groups excluding carboxylic acids is 1. The van der Waals surface area contributed by atoms with Crippen LogP contribution in [0.15, 0.2) is 36.4 Å². The van der Waals surface area contributed by atoms with Crippen molar-refractivity contribution in [2.24, 2.45) is 0 Å². The highest BCUT2D eigenvalue weighted by Crippen LogP contribution is 2.36. The normalized spacial score (nSPS) is 12.5. The number of hydrogen-bond donors (Lipinski definition) is 0. The molecular weight excluding hydrogens is 321 g/mol. The lowest BCUT2D eigenvalue weighted by atomic mass is 10.1. The van der Waals surface area contributed by atoms with Crippen LogP contribution in [-0.4, -0.2) is 24.1 Å². The summed E-state index contributed by atoms with van der Waals surface area (Å²) in [7, 11) is 0. The standard InChI is InChI=1S/C16H12FNO6/c17-11-3-1-2-10(6-11)9-24-16(19)12-7-14-15(23-5-4-22-14)8-13(12)18(20)21/h1-3,6-8H,4-5,9H2. The Balaban J connectivity index is 1.84. The molecule has 24 heavy (non-hydrogen) atoms. The summed E-state index contributed by atoms with van der Waals surface area (Å²) in [5.41, 5.74) is -0.257. The predicted molar refractivity (Wildman–Crippen MR) is 79.6 cm³/mol. The van der Waals surface area contributed by atoms with Crippen LogP contribution in [0.1, 0.15) is 15.9 Å². The van der Waals surface area contributed by atoms with Gasteiger partial charge in [0, 0.05) is 6.07 Å². The van der Waals surface area contributed by atoms with Gasteiger partial charge in [-0.1, -0.05) is 12.1 Å². The first kappa shape index (κ1) is 15.7. The van der Waals surface area contributed by atoms with Crippen molar-refractivity contribution < 1.29 is 28.3 Å². The van der Waals surface area contributed by atoms with Gasteiger partial charge in [-0.15, -0.1) is 0 Å². The number of fused-ring (bicyclic) bond motifs is 1. The first-order chi connectivity index (χ1) is 11.5. The van der Waals surface area contributed by atoms with Crippen LogP contribution in [0.2, 0.25) is 0 Å². The van der Waals surface area contributed by atoms with Crippen molar-refractivity contribution >= 4 is 11.7 Å². The summed E-state index contributed by atoms with van der Waals surface area (Å²) in [6, 6.07) is 7.88. The van der Waals surface area contributed by atoms with Gasteiger partial charge in [0.25, 0.3) is 5.69 Å². The minimum absolute atomic E-state index is 0.203. The number of halogens is 1. The molecule has 0 aromatic heterocycles. The zero-order chi connectivity index (χ0) is 17.1. The van der Waals surface area contributed by atoms with E-state index < -0.39 is 22.4 Å². The van der Waals surface area contributed by atoms with E-state index in [4.69, 9.17) is 14.2 Å². The molecule has 2 aromatic carbocycles. The lowest BCUT2D eigenvalue weighted by Crippen LogP contribution is -2.17. The van der Waals surface area contributed by atoms with Gasteiger partial charge in [-0.3, -0.25) is 10.1 Å². The number of nitro groups is 1. The Bertz CT molecular complexity index is 807. The van der Waals surface area contributed by atoms with Crippen LogP contribution in [0, 0.1) is 15.9 Å². The Hall–Kier alpha value is -3.16. The van der Waals surface area contributed by atoms with E-state index in [1.54, 1.807) is 6.07 Å². The first-order valence-corrected chi connectivity index (χ1v) is 7.04. The number of hydrogen-bond acceptors (Lipinski definition) is 6. The van der Waals surface area contributed by atoms with Crippen molar-refractivity contribution in [1.82, 2.24) is 0 Å². The topological polar surface area (TPSA) is 87.9 Å². The molecule has 0 saturated heterocycles. The van der Waals surface area contributed by atoms with Crippen molar-refractivity contribution in [2.75, 3.05) is 13.2 Å². The van der Waals surface area contributed by atoms with E-state index in [0.29, 0.717) is 5.56 Å². The average molecular weight is 333 g/mol. The molecule has 1 heterocycles. The lowest BCUT2D eigenvalue weighted by Gasteiger charge is -2.18. The molecule has 7 nitrogen and oxygen atoms in total. The van der Waals surface area contributed by atoms with Gasteiger partial charge in [-0.2, -0.15) is 0 Å². The Morgan fingerprint density at radius 1 is 1.21 bits per heavy atom. The van der Waals surface area contributed by atoms with Gasteiger partial charge in [0.1, 0.15) is 31.2 Å². The van der Waals surface area contributed by atoms with Crippen LogP contribution in [-0.2, 0) is 11.3 Å². The smallest absolute Gasteiger partial charge is 0.345 e. The van der Waals surface area contributed by atoms with Crippen molar-refractivity contribution in [1.29, 1.82) is 0 Å². The van der Waals surface area contributed by atoms with E-state index in [-0.39, 0.29) is 36.9 Å². The largest absolute Gasteiger partial charge is 0.486 e. The maximum absolute atomic E-state index is 13.1. The molecule has 0 atom stereocenters. The summed E-state index contributed by atoms with van der Waals surface area (Å²) < 4.78 is 28.7. The average Bonchev–Trinajstić information content (AvgIpc) is 2.58. The van der Waals surface area contributed by atoms with Crippen LogP contribution in [0.5, 0.6) is 11.5 Å². The molecule has 0 N–H and O–H groups in total. The molecule has 1 aliphatic rings. The quantitative estimate of drug-likeness (QED) is 0.486. The molecule has 1 aliphatic heterocycles. The third-order valence-electron chi connectivity index (χ3n) is 3.34. The van der Waals surface area contributed by atoms with Crippen molar-refractivity contribution in [3.63, 3.8) is 0 Å². The fraction of sp³-hybridized carbons (Fsp3) is 0.188. The predicted octanol–water partition coefficient (Wildman–Crippen LogP) is 2.86. The van der Waals surface area contributed by atoms with E-state index in [0.717, 1.165) is 6.07 Å². The van der Waals surface area contributed by atoms with E-state index in [1.807, 2.05) is 0 Å². The minimum atomic E-state index is -0.900. The maximum atomic E-state index is 13.1. The summed E-state index contributed by atoms with van der Waals surface area (Å²) in [6.07, 6.45) is 0. The van der Waals surface area contributed by atoms with Crippen LogP contribution in [0.25, 0.3) is 0 Å². The van der Waals surface area contributed by atoms with Crippen LogP contribution in [0.4, 0.5) is 10.1 Å². The molecule has 0 radical (unpaired) electrons. The number of rotatable bonds is 4. The fourth-order valence-corrected chi connectivity index (χ4v) is 2.25. The fourth-order valence-electron chi connectivity index (χ4n) is 2.25. The van der Waals surface area contributed by atoms with E-state index >= 15 is 0 Å². The van der Waals surface area contributed by atoms with E-state index in [1.165, 1.54) is 24.3 Å². The van der Waals surface area contributed by atoms with E-state index in [2.05, 4.69) is 0 Å². The molecule has 0 aliphatic carbocycles. The molecule has 3 rings (SSSR count). The Morgan fingerprint density at radius 2 is 1.92 bits per heavy atom. The summed E-state index contributed by atoms with van der Waals surface area (Å²) in [6.45, 7) is 0.346. The molecule has 8 heteroatoms. The number of nitro benzene ring substituents is 1. The highest BCUT2D eigenvalue weighted by molar-refractivity contribution is 5.95. The van der Waals surface area contributed by atoms with Crippen molar-refractivity contribution in [3.05, 3.63) is 63.5 Å². The number of ether oxygens (including phenoxy) is 3. The van der Waals surface area contributed by atoms with E-state index in [9.17, 15) is 19.3 Å². The van der Waals surface area contributed by atoms with Crippen LogP contribution in [0.3, 0.4) is 0 Å². The highest BCUT2D eigenvalue weighted by Gasteiger charge is 2.27. The van der Waals surface area contributed by atoms with Gasteiger partial charge < -0.3 is 14.2 Å².